The molecule has 146 valence electrons. The summed E-state index contributed by atoms with van der Waals surface area (Å²) in [5, 5.41) is 7.70. The fourth-order valence-corrected chi connectivity index (χ4v) is 4.01. The number of nitrogens with zero attached hydrogens (tertiary/aromatic N) is 3. The topological polar surface area (TPSA) is 73.0 Å². The van der Waals surface area contributed by atoms with E-state index in [4.69, 9.17) is 9.52 Å². The van der Waals surface area contributed by atoms with Crippen LogP contribution >= 0.6 is 0 Å². The molecule has 4 aromatic rings. The molecular formula is C23H22N4O2. The number of carbonyl (C=O) groups excluding carboxylic acids is 1. The number of oxazole rings is 1. The third-order valence-corrected chi connectivity index (χ3v) is 5.48. The Balaban J connectivity index is 1.49. The first-order valence-electron chi connectivity index (χ1n) is 10.0. The largest absolute Gasteiger partial charge is 0.441 e. The first-order valence-corrected chi connectivity index (χ1v) is 10.0. The van der Waals surface area contributed by atoms with Crippen LogP contribution in [0.25, 0.3) is 16.8 Å². The van der Waals surface area contributed by atoms with Gasteiger partial charge < -0.3 is 9.73 Å². The first-order chi connectivity index (χ1) is 14.1. The van der Waals surface area contributed by atoms with Gasteiger partial charge in [0.15, 0.2) is 17.2 Å². The molecule has 0 atom stereocenters. The lowest BCUT2D eigenvalue weighted by molar-refractivity contribution is 0.102. The standard InChI is InChI=1S/C23H22N4O2/c1-3-21-25-17-13-15(11-12-20(17)29-21)24-23(28)22-16-8-6-10-19(16)27(26-22)18-9-5-4-7-14(18)2/h4-5,7,9,11-13H,3,6,8,10H2,1-2H3,(H,24,28). The van der Waals surface area contributed by atoms with Crippen LogP contribution in [-0.2, 0) is 19.3 Å². The lowest BCUT2D eigenvalue weighted by Crippen LogP contribution is -2.15. The van der Waals surface area contributed by atoms with Gasteiger partial charge in [-0.3, -0.25) is 4.79 Å². The van der Waals surface area contributed by atoms with E-state index in [1.54, 1.807) is 0 Å². The van der Waals surface area contributed by atoms with Crippen LogP contribution in [0, 0.1) is 6.92 Å². The van der Waals surface area contributed by atoms with Crippen molar-refractivity contribution in [1.82, 2.24) is 14.8 Å². The zero-order valence-electron chi connectivity index (χ0n) is 16.5. The molecule has 0 fully saturated rings. The highest BCUT2D eigenvalue weighted by atomic mass is 16.3. The summed E-state index contributed by atoms with van der Waals surface area (Å²) in [6.45, 7) is 4.06. The quantitative estimate of drug-likeness (QED) is 0.555. The molecule has 1 aliphatic rings. The van der Waals surface area contributed by atoms with Crippen LogP contribution in [0.2, 0.25) is 0 Å². The van der Waals surface area contributed by atoms with E-state index < -0.39 is 0 Å². The van der Waals surface area contributed by atoms with Crippen LogP contribution in [0.4, 0.5) is 5.69 Å². The van der Waals surface area contributed by atoms with Gasteiger partial charge in [0.1, 0.15) is 5.52 Å². The molecule has 2 aromatic heterocycles. The highest BCUT2D eigenvalue weighted by Gasteiger charge is 2.27. The third kappa shape index (κ3) is 3.01. The summed E-state index contributed by atoms with van der Waals surface area (Å²) in [6, 6.07) is 13.6. The normalized spacial score (nSPS) is 13.0. The summed E-state index contributed by atoms with van der Waals surface area (Å²) in [7, 11) is 0. The zero-order chi connectivity index (χ0) is 20.0. The molecule has 5 rings (SSSR count). The lowest BCUT2D eigenvalue weighted by Gasteiger charge is -2.08. The predicted molar refractivity (Wildman–Crippen MR) is 112 cm³/mol. The Morgan fingerprint density at radius 1 is 1.21 bits per heavy atom. The van der Waals surface area contributed by atoms with E-state index in [-0.39, 0.29) is 5.91 Å². The average Bonchev–Trinajstić information content (AvgIpc) is 3.42. The Hall–Kier alpha value is -3.41. The van der Waals surface area contributed by atoms with E-state index in [2.05, 4.69) is 23.3 Å². The Bertz CT molecular complexity index is 1240. The number of aromatic nitrogens is 3. The van der Waals surface area contributed by atoms with Gasteiger partial charge in [0.2, 0.25) is 0 Å². The molecule has 0 saturated heterocycles. The van der Waals surface area contributed by atoms with Crippen LogP contribution in [0.3, 0.4) is 0 Å². The van der Waals surface area contributed by atoms with Gasteiger partial charge in [0, 0.05) is 23.4 Å². The summed E-state index contributed by atoms with van der Waals surface area (Å²) < 4.78 is 7.59. The number of hydrogen-bond donors (Lipinski definition) is 1. The van der Waals surface area contributed by atoms with E-state index in [1.165, 1.54) is 0 Å². The molecule has 1 N–H and O–H groups in total. The molecule has 2 aromatic carbocycles. The number of hydrogen-bond acceptors (Lipinski definition) is 4. The number of nitrogens with one attached hydrogen (secondary N) is 1. The van der Waals surface area contributed by atoms with Crippen LogP contribution in [0.15, 0.2) is 46.9 Å². The molecule has 6 nitrogen and oxygen atoms in total. The van der Waals surface area contributed by atoms with E-state index in [9.17, 15) is 4.79 Å². The Morgan fingerprint density at radius 3 is 2.90 bits per heavy atom. The monoisotopic (exact) mass is 386 g/mol. The molecule has 0 unspecified atom stereocenters. The fraction of sp³-hybridized carbons (Fsp3) is 0.261. The van der Waals surface area contributed by atoms with E-state index in [0.29, 0.717) is 17.3 Å². The number of para-hydroxylation sites is 1. The highest BCUT2D eigenvalue weighted by Crippen LogP contribution is 2.29. The molecule has 0 bridgehead atoms. The van der Waals surface area contributed by atoms with E-state index in [1.807, 2.05) is 48.0 Å². The van der Waals surface area contributed by atoms with Crippen molar-refractivity contribution in [3.63, 3.8) is 0 Å². The van der Waals surface area contributed by atoms with Crippen LogP contribution in [-0.4, -0.2) is 20.7 Å². The van der Waals surface area contributed by atoms with Crippen molar-refractivity contribution in [1.29, 1.82) is 0 Å². The van der Waals surface area contributed by atoms with Crippen molar-refractivity contribution < 1.29 is 9.21 Å². The van der Waals surface area contributed by atoms with Crippen molar-refractivity contribution in [2.24, 2.45) is 0 Å². The van der Waals surface area contributed by atoms with Crippen LogP contribution in [0.1, 0.15) is 46.5 Å². The summed E-state index contributed by atoms with van der Waals surface area (Å²) in [6.07, 6.45) is 3.60. The number of aryl methyl sites for hydroxylation is 2. The summed E-state index contributed by atoms with van der Waals surface area (Å²) in [4.78, 5) is 17.5. The molecule has 6 heteroatoms. The molecule has 0 spiro atoms. The number of rotatable bonds is 4. The van der Waals surface area contributed by atoms with Gasteiger partial charge in [-0.2, -0.15) is 5.10 Å². The second-order valence-corrected chi connectivity index (χ2v) is 7.42. The minimum Gasteiger partial charge on any atom is -0.441 e. The van der Waals surface area contributed by atoms with Crippen LogP contribution < -0.4 is 5.32 Å². The number of fused-ring (bicyclic) bond motifs is 2. The summed E-state index contributed by atoms with van der Waals surface area (Å²) in [5.74, 6) is 0.507. The first kappa shape index (κ1) is 17.7. The van der Waals surface area contributed by atoms with Crippen molar-refractivity contribution >= 4 is 22.7 Å². The van der Waals surface area contributed by atoms with Crippen molar-refractivity contribution in [2.45, 2.75) is 39.5 Å². The third-order valence-electron chi connectivity index (χ3n) is 5.48. The highest BCUT2D eigenvalue weighted by molar-refractivity contribution is 6.04. The van der Waals surface area contributed by atoms with Gasteiger partial charge in [0.05, 0.1) is 5.69 Å². The Kier molecular flexibility index (Phi) is 4.19. The number of anilines is 1. The second-order valence-electron chi connectivity index (χ2n) is 7.42. The van der Waals surface area contributed by atoms with Gasteiger partial charge in [-0.05, 0) is 56.0 Å². The minimum absolute atomic E-state index is 0.186. The Labute approximate surface area is 168 Å². The minimum atomic E-state index is -0.186. The SMILES string of the molecule is CCc1nc2cc(NC(=O)c3nn(-c4ccccc4C)c4c3CCC4)ccc2o1. The Morgan fingerprint density at radius 2 is 2.07 bits per heavy atom. The van der Waals surface area contributed by atoms with E-state index in [0.717, 1.165) is 59.3 Å². The van der Waals surface area contributed by atoms with Gasteiger partial charge in [-0.1, -0.05) is 25.1 Å². The van der Waals surface area contributed by atoms with Gasteiger partial charge in [0.25, 0.3) is 5.91 Å². The summed E-state index contributed by atoms with van der Waals surface area (Å²) in [5.41, 5.74) is 7.04. The fourth-order valence-electron chi connectivity index (χ4n) is 4.01. The van der Waals surface area contributed by atoms with Gasteiger partial charge >= 0.3 is 0 Å². The predicted octanol–water partition coefficient (Wildman–Crippen LogP) is 4.63. The van der Waals surface area contributed by atoms with Gasteiger partial charge in [-0.15, -0.1) is 0 Å². The maximum Gasteiger partial charge on any atom is 0.276 e. The average molecular weight is 386 g/mol. The van der Waals surface area contributed by atoms with Crippen LogP contribution in [0.5, 0.6) is 0 Å². The molecule has 1 aliphatic carbocycles. The van der Waals surface area contributed by atoms with Crippen molar-refractivity contribution in [2.75, 3.05) is 5.32 Å². The molecule has 2 heterocycles. The number of carbonyl (C=O) groups is 1. The maximum absolute atomic E-state index is 13.1. The number of amides is 1. The lowest BCUT2D eigenvalue weighted by atomic mass is 10.1. The molecular weight excluding hydrogens is 364 g/mol. The molecule has 1 amide bonds. The maximum atomic E-state index is 13.1. The second kappa shape index (κ2) is 6.88. The molecule has 0 saturated carbocycles. The molecule has 0 radical (unpaired) electrons. The zero-order valence-corrected chi connectivity index (χ0v) is 16.5. The van der Waals surface area contributed by atoms with Gasteiger partial charge in [-0.25, -0.2) is 9.67 Å². The van der Waals surface area contributed by atoms with Crippen molar-refractivity contribution in [3.05, 3.63) is 70.9 Å². The van der Waals surface area contributed by atoms with E-state index >= 15 is 0 Å². The molecule has 29 heavy (non-hydrogen) atoms. The van der Waals surface area contributed by atoms with Crippen molar-refractivity contribution in [3.8, 4) is 5.69 Å². The number of benzene rings is 2. The molecule has 0 aliphatic heterocycles. The smallest absolute Gasteiger partial charge is 0.276 e. The summed E-state index contributed by atoms with van der Waals surface area (Å²) >= 11 is 0.